The summed E-state index contributed by atoms with van der Waals surface area (Å²) in [5, 5.41) is 3.14. The predicted molar refractivity (Wildman–Crippen MR) is 109 cm³/mol. The number of sulfonamides is 1. The lowest BCUT2D eigenvalue weighted by atomic mass is 10.2. The van der Waals surface area contributed by atoms with Crippen molar-refractivity contribution in [3.63, 3.8) is 0 Å². The second kappa shape index (κ2) is 8.40. The minimum atomic E-state index is -3.71. The van der Waals surface area contributed by atoms with Gasteiger partial charge in [-0.1, -0.05) is 35.3 Å². The summed E-state index contributed by atoms with van der Waals surface area (Å²) in [6.45, 7) is 0.857. The van der Waals surface area contributed by atoms with Crippen LogP contribution in [0.15, 0.2) is 52.4 Å². The van der Waals surface area contributed by atoms with Gasteiger partial charge in [-0.3, -0.25) is 14.5 Å². The molecule has 1 atom stereocenters. The van der Waals surface area contributed by atoms with E-state index >= 15 is 0 Å². The van der Waals surface area contributed by atoms with Gasteiger partial charge in [0.15, 0.2) is 6.61 Å². The number of aliphatic imine (C=N–C) groups is 1. The van der Waals surface area contributed by atoms with Crippen molar-refractivity contribution in [2.24, 2.45) is 4.99 Å². The Kier molecular flexibility index (Phi) is 6.11. The van der Waals surface area contributed by atoms with Crippen LogP contribution in [0.25, 0.3) is 0 Å². The maximum absolute atomic E-state index is 12.1. The zero-order chi connectivity index (χ0) is 21.2. The van der Waals surface area contributed by atoms with Gasteiger partial charge in [0.2, 0.25) is 0 Å². The Bertz CT molecular complexity index is 1120. The van der Waals surface area contributed by atoms with E-state index in [2.05, 4.69) is 15.0 Å². The lowest BCUT2D eigenvalue weighted by Gasteiger charge is -2.10. The van der Waals surface area contributed by atoms with Crippen LogP contribution in [0.1, 0.15) is 12.5 Å². The molecule has 0 fully saturated rings. The molecule has 11 heteroatoms. The molecule has 0 spiro atoms. The summed E-state index contributed by atoms with van der Waals surface area (Å²) in [6, 6.07) is 9.76. The van der Waals surface area contributed by atoms with Crippen LogP contribution in [-0.4, -0.2) is 38.8 Å². The second-order valence-electron chi connectivity index (χ2n) is 6.04. The fourth-order valence-electron chi connectivity index (χ4n) is 2.51. The van der Waals surface area contributed by atoms with Crippen molar-refractivity contribution in [3.8, 4) is 0 Å². The van der Waals surface area contributed by atoms with Crippen LogP contribution in [0, 0.1) is 0 Å². The number of hydrogen-bond acceptors (Lipinski definition) is 6. The fraction of sp³-hybridized carbons (Fsp3) is 0.167. The number of carbonyl (C=O) groups excluding carboxylic acids is 2. The number of benzene rings is 2. The van der Waals surface area contributed by atoms with Crippen LogP contribution in [0.3, 0.4) is 0 Å². The molecule has 0 bridgehead atoms. The molecule has 29 heavy (non-hydrogen) atoms. The van der Waals surface area contributed by atoms with Gasteiger partial charge in [-0.2, -0.15) is 0 Å². The first-order valence-electron chi connectivity index (χ1n) is 8.29. The molecule has 0 aromatic heterocycles. The molecule has 0 aliphatic carbocycles. The van der Waals surface area contributed by atoms with E-state index in [1.165, 1.54) is 25.1 Å². The Morgan fingerprint density at radius 2 is 1.93 bits per heavy atom. The highest BCUT2D eigenvalue weighted by Gasteiger charge is 2.31. The zero-order valence-electron chi connectivity index (χ0n) is 15.0. The first-order valence-corrected chi connectivity index (χ1v) is 10.5. The van der Waals surface area contributed by atoms with Crippen LogP contribution in [-0.2, 0) is 24.3 Å². The quantitative estimate of drug-likeness (QED) is 0.672. The Hall–Kier alpha value is -2.62. The molecule has 2 aromatic carbocycles. The molecule has 3 rings (SSSR count). The number of nitrogens with one attached hydrogen (secondary N) is 2. The van der Waals surface area contributed by atoms with Crippen molar-refractivity contribution in [1.82, 2.24) is 4.72 Å². The molecule has 0 saturated heterocycles. The molecular weight excluding hydrogens is 441 g/mol. The van der Waals surface area contributed by atoms with Crippen molar-refractivity contribution >= 4 is 56.6 Å². The predicted octanol–water partition coefficient (Wildman–Crippen LogP) is 2.60. The number of amidine groups is 1. The topological polar surface area (TPSA) is 114 Å². The van der Waals surface area contributed by atoms with Crippen LogP contribution in [0.4, 0.5) is 5.69 Å². The van der Waals surface area contributed by atoms with Crippen molar-refractivity contribution in [2.45, 2.75) is 17.9 Å². The standard InChI is InChI=1S/C18H15Cl2N3O5S/c1-10(21-17-12-4-2-3-5-15(12)29(26,27)23-17)18(25)28-9-16(24)22-14-8-11(19)6-7-13(14)20/h2-8,10H,9H2,1H3,(H,21,23)(H,22,24)/t10-/m1/s1. The monoisotopic (exact) mass is 455 g/mol. The number of hydrogen-bond donors (Lipinski definition) is 2. The van der Waals surface area contributed by atoms with E-state index in [1.807, 2.05) is 0 Å². The summed E-state index contributed by atoms with van der Waals surface area (Å²) in [5.41, 5.74) is 0.644. The van der Waals surface area contributed by atoms with E-state index in [9.17, 15) is 18.0 Å². The van der Waals surface area contributed by atoms with E-state index in [4.69, 9.17) is 27.9 Å². The molecule has 0 saturated carbocycles. The van der Waals surface area contributed by atoms with Crippen LogP contribution in [0.2, 0.25) is 10.0 Å². The third-order valence-corrected chi connectivity index (χ3v) is 5.84. The number of amides is 1. The zero-order valence-corrected chi connectivity index (χ0v) is 17.3. The number of nitrogens with zero attached hydrogens (tertiary/aromatic N) is 1. The largest absolute Gasteiger partial charge is 0.454 e. The highest BCUT2D eigenvalue weighted by atomic mass is 35.5. The molecule has 8 nitrogen and oxygen atoms in total. The Balaban J connectivity index is 1.62. The minimum Gasteiger partial charge on any atom is -0.454 e. The van der Waals surface area contributed by atoms with Crippen molar-refractivity contribution in [3.05, 3.63) is 58.1 Å². The van der Waals surface area contributed by atoms with E-state index in [0.29, 0.717) is 10.6 Å². The molecule has 152 valence electrons. The molecule has 1 aliphatic heterocycles. The SMILES string of the molecule is C[C@@H](N=C1NS(=O)(=O)c2ccccc21)C(=O)OCC(=O)Nc1cc(Cl)ccc1Cl. The average molecular weight is 456 g/mol. The molecule has 1 amide bonds. The van der Waals surface area contributed by atoms with Crippen molar-refractivity contribution in [2.75, 3.05) is 11.9 Å². The second-order valence-corrected chi connectivity index (χ2v) is 8.53. The number of rotatable bonds is 5. The average Bonchev–Trinajstić information content (AvgIpc) is 2.93. The van der Waals surface area contributed by atoms with Gasteiger partial charge in [-0.25, -0.2) is 13.2 Å². The number of halogens is 2. The normalized spacial score (nSPS) is 16.6. The van der Waals surface area contributed by atoms with Gasteiger partial charge in [0.25, 0.3) is 15.9 Å². The van der Waals surface area contributed by atoms with Crippen molar-refractivity contribution < 1.29 is 22.7 Å². The lowest BCUT2D eigenvalue weighted by Crippen LogP contribution is -2.28. The summed E-state index contributed by atoms with van der Waals surface area (Å²) in [7, 11) is -3.71. The van der Waals surface area contributed by atoms with E-state index in [-0.39, 0.29) is 21.4 Å². The Morgan fingerprint density at radius 3 is 2.69 bits per heavy atom. The highest BCUT2D eigenvalue weighted by molar-refractivity contribution is 7.90. The molecule has 0 unspecified atom stereocenters. The Morgan fingerprint density at radius 1 is 1.21 bits per heavy atom. The van der Waals surface area contributed by atoms with Gasteiger partial charge in [0, 0.05) is 10.6 Å². The summed E-state index contributed by atoms with van der Waals surface area (Å²) in [6.07, 6.45) is 0. The highest BCUT2D eigenvalue weighted by Crippen LogP contribution is 2.25. The Labute approximate surface area is 176 Å². The molecule has 2 N–H and O–H groups in total. The van der Waals surface area contributed by atoms with Gasteiger partial charge in [0.1, 0.15) is 11.9 Å². The van der Waals surface area contributed by atoms with Gasteiger partial charge in [0.05, 0.1) is 15.6 Å². The van der Waals surface area contributed by atoms with Crippen LogP contribution >= 0.6 is 23.2 Å². The third kappa shape index (κ3) is 4.87. The summed E-state index contributed by atoms with van der Waals surface area (Å²) in [5.74, 6) is -1.37. The molecule has 2 aromatic rings. The lowest BCUT2D eigenvalue weighted by molar-refractivity contribution is -0.148. The summed E-state index contributed by atoms with van der Waals surface area (Å²) >= 11 is 11.8. The van der Waals surface area contributed by atoms with Gasteiger partial charge < -0.3 is 10.1 Å². The van der Waals surface area contributed by atoms with Crippen LogP contribution in [0.5, 0.6) is 0 Å². The first-order chi connectivity index (χ1) is 13.7. The molecular formula is C18H15Cl2N3O5S. The van der Waals surface area contributed by atoms with Gasteiger partial charge in [-0.15, -0.1) is 0 Å². The maximum atomic E-state index is 12.1. The number of anilines is 1. The summed E-state index contributed by atoms with van der Waals surface area (Å²) < 4.78 is 31.4. The molecule has 1 aliphatic rings. The first kappa shape index (κ1) is 21.1. The van der Waals surface area contributed by atoms with Crippen LogP contribution < -0.4 is 10.0 Å². The van der Waals surface area contributed by atoms with Gasteiger partial charge in [-0.05, 0) is 37.3 Å². The smallest absolute Gasteiger partial charge is 0.331 e. The minimum absolute atomic E-state index is 0.0419. The number of carbonyl (C=O) groups is 2. The third-order valence-electron chi connectivity index (χ3n) is 3.87. The van der Waals surface area contributed by atoms with E-state index in [1.54, 1.807) is 24.3 Å². The van der Waals surface area contributed by atoms with Gasteiger partial charge >= 0.3 is 5.97 Å². The number of ether oxygens (including phenoxy) is 1. The summed E-state index contributed by atoms with van der Waals surface area (Å²) in [4.78, 5) is 28.3. The number of esters is 1. The van der Waals surface area contributed by atoms with E-state index < -0.39 is 34.5 Å². The maximum Gasteiger partial charge on any atom is 0.331 e. The van der Waals surface area contributed by atoms with E-state index in [0.717, 1.165) is 0 Å². The fourth-order valence-corrected chi connectivity index (χ4v) is 4.09. The van der Waals surface area contributed by atoms with Crippen molar-refractivity contribution in [1.29, 1.82) is 0 Å². The molecule has 1 heterocycles. The molecule has 0 radical (unpaired) electrons. The number of fused-ring (bicyclic) bond motifs is 1.